The van der Waals surface area contributed by atoms with Gasteiger partial charge in [0, 0.05) is 44.2 Å². The molecule has 4 amide bonds. The Balaban J connectivity index is 1.50. The van der Waals surface area contributed by atoms with Crippen LogP contribution in [0, 0.1) is 0 Å². The van der Waals surface area contributed by atoms with Gasteiger partial charge >= 0.3 is 6.03 Å². The van der Waals surface area contributed by atoms with Gasteiger partial charge in [0.25, 0.3) is 0 Å². The van der Waals surface area contributed by atoms with Gasteiger partial charge < -0.3 is 15.1 Å². The zero-order valence-electron chi connectivity index (χ0n) is 16.7. The maximum atomic E-state index is 12.4. The number of aromatic nitrogens is 1. The molecule has 0 atom stereocenters. The zero-order chi connectivity index (χ0) is 22.6. The van der Waals surface area contributed by atoms with Gasteiger partial charge in [-0.05, 0) is 24.3 Å². The number of nitrogens with one attached hydrogen (secondary N) is 2. The Kier molecular flexibility index (Phi) is 6.87. The molecule has 1 aliphatic rings. The van der Waals surface area contributed by atoms with Crippen molar-refractivity contribution in [2.45, 2.75) is 18.2 Å². The van der Waals surface area contributed by atoms with Crippen molar-refractivity contribution in [2.75, 3.05) is 36.8 Å². The molecule has 2 aromatic rings. The minimum absolute atomic E-state index is 0.0109. The maximum Gasteiger partial charge on any atom is 0.323 e. The van der Waals surface area contributed by atoms with E-state index in [1.54, 1.807) is 15.2 Å². The molecule has 13 heteroatoms. The molecule has 0 aliphatic carbocycles. The van der Waals surface area contributed by atoms with Crippen LogP contribution in [-0.4, -0.2) is 67.2 Å². The van der Waals surface area contributed by atoms with Gasteiger partial charge in [-0.1, -0.05) is 0 Å². The van der Waals surface area contributed by atoms with Crippen molar-refractivity contribution < 1.29 is 22.8 Å². The van der Waals surface area contributed by atoms with Crippen molar-refractivity contribution in [2.24, 2.45) is 5.14 Å². The number of amides is 4. The quantitative estimate of drug-likeness (QED) is 0.588. The highest BCUT2D eigenvalue weighted by atomic mass is 32.2. The summed E-state index contributed by atoms with van der Waals surface area (Å²) in [6, 6.07) is 5.19. The summed E-state index contributed by atoms with van der Waals surface area (Å²) < 4.78 is 22.5. The van der Waals surface area contributed by atoms with Crippen LogP contribution in [0.15, 0.2) is 34.5 Å². The van der Waals surface area contributed by atoms with E-state index in [2.05, 4.69) is 15.6 Å². The predicted octanol–water partition coefficient (Wildman–Crippen LogP) is 0.668. The number of nitrogens with two attached hydrogens (primary N) is 1. The fourth-order valence-electron chi connectivity index (χ4n) is 2.94. The molecule has 0 radical (unpaired) electrons. The molecule has 1 aromatic heterocycles. The Morgan fingerprint density at radius 1 is 1.06 bits per heavy atom. The lowest BCUT2D eigenvalue weighted by Crippen LogP contribution is -2.51. The second kappa shape index (κ2) is 9.41. The number of carbonyl (C=O) groups is 3. The lowest BCUT2D eigenvalue weighted by Gasteiger charge is -2.33. The van der Waals surface area contributed by atoms with E-state index in [0.717, 1.165) is 0 Å². The van der Waals surface area contributed by atoms with Gasteiger partial charge in [0.1, 0.15) is 0 Å². The van der Waals surface area contributed by atoms with Crippen LogP contribution in [0.4, 0.5) is 15.6 Å². The molecule has 4 N–H and O–H groups in total. The minimum atomic E-state index is -3.80. The van der Waals surface area contributed by atoms with E-state index in [0.29, 0.717) is 42.7 Å². The molecule has 11 nitrogen and oxygen atoms in total. The second-order valence-electron chi connectivity index (χ2n) is 6.86. The summed E-state index contributed by atoms with van der Waals surface area (Å²) in [6.45, 7) is 3.36. The minimum Gasteiger partial charge on any atom is -0.339 e. The number of thiazole rings is 1. The van der Waals surface area contributed by atoms with E-state index in [9.17, 15) is 22.8 Å². The summed E-state index contributed by atoms with van der Waals surface area (Å²) in [5, 5.41) is 12.4. The molecule has 0 bridgehead atoms. The number of urea groups is 1. The van der Waals surface area contributed by atoms with E-state index < -0.39 is 10.0 Å². The van der Waals surface area contributed by atoms with Crippen molar-refractivity contribution in [3.63, 3.8) is 0 Å². The van der Waals surface area contributed by atoms with Crippen LogP contribution in [-0.2, 0) is 26.0 Å². The van der Waals surface area contributed by atoms with E-state index in [-0.39, 0.29) is 29.2 Å². The first-order valence-electron chi connectivity index (χ1n) is 9.30. The van der Waals surface area contributed by atoms with Crippen molar-refractivity contribution >= 4 is 50.0 Å². The summed E-state index contributed by atoms with van der Waals surface area (Å²) in [5.41, 5.74) is 0.909. The number of nitrogens with zero attached hydrogens (tertiary/aromatic N) is 3. The second-order valence-corrected chi connectivity index (χ2v) is 9.28. The van der Waals surface area contributed by atoms with Gasteiger partial charge in [-0.3, -0.25) is 14.9 Å². The summed E-state index contributed by atoms with van der Waals surface area (Å²) in [5.74, 6) is -0.352. The Morgan fingerprint density at radius 3 is 2.26 bits per heavy atom. The number of piperazine rings is 1. The highest BCUT2D eigenvalue weighted by molar-refractivity contribution is 7.89. The first-order valence-corrected chi connectivity index (χ1v) is 11.7. The van der Waals surface area contributed by atoms with Gasteiger partial charge in [0.2, 0.25) is 21.8 Å². The first-order chi connectivity index (χ1) is 14.6. The van der Waals surface area contributed by atoms with E-state index in [1.807, 2.05) is 0 Å². The number of primary sulfonamides is 1. The number of hydrogen-bond donors (Lipinski definition) is 3. The average Bonchev–Trinajstić information content (AvgIpc) is 3.14. The van der Waals surface area contributed by atoms with Gasteiger partial charge in [-0.2, -0.15) is 0 Å². The van der Waals surface area contributed by atoms with Gasteiger partial charge in [0.05, 0.1) is 17.0 Å². The van der Waals surface area contributed by atoms with Crippen LogP contribution in [0.1, 0.15) is 12.6 Å². The summed E-state index contributed by atoms with van der Waals surface area (Å²) in [7, 11) is -3.80. The third-order valence-corrected chi connectivity index (χ3v) is 6.32. The maximum absolute atomic E-state index is 12.4. The van der Waals surface area contributed by atoms with Gasteiger partial charge in [-0.25, -0.2) is 23.3 Å². The highest BCUT2D eigenvalue weighted by Crippen LogP contribution is 2.18. The van der Waals surface area contributed by atoms with Crippen LogP contribution in [0.3, 0.4) is 0 Å². The SMILES string of the molecule is CC(=O)N1CCN(C(=O)Nc2nc(CC(=O)Nc3ccc(S(N)(=O)=O)cc3)cs2)CC1. The zero-order valence-corrected chi connectivity index (χ0v) is 18.3. The van der Waals surface area contributed by atoms with Crippen LogP contribution < -0.4 is 15.8 Å². The molecule has 1 aliphatic heterocycles. The highest BCUT2D eigenvalue weighted by Gasteiger charge is 2.23. The van der Waals surface area contributed by atoms with Crippen LogP contribution in [0.2, 0.25) is 0 Å². The molecular formula is C18H22N6O5S2. The smallest absolute Gasteiger partial charge is 0.323 e. The lowest BCUT2D eigenvalue weighted by atomic mass is 10.3. The number of hydrogen-bond acceptors (Lipinski definition) is 7. The van der Waals surface area contributed by atoms with Crippen molar-refractivity contribution in [3.05, 3.63) is 35.3 Å². The molecule has 1 fully saturated rings. The molecule has 1 saturated heterocycles. The summed E-state index contributed by atoms with van der Waals surface area (Å²) in [6.07, 6.45) is -0.0133. The van der Waals surface area contributed by atoms with Crippen LogP contribution >= 0.6 is 11.3 Å². The largest absolute Gasteiger partial charge is 0.339 e. The standard InChI is InChI=1S/C18H22N6O5S2/c1-12(25)23-6-8-24(9-7-23)18(27)22-17-21-14(11-30-17)10-16(26)20-13-2-4-15(5-3-13)31(19,28)29/h2-5,11H,6-10H2,1H3,(H,20,26)(H2,19,28,29)(H,21,22,27). The third kappa shape index (κ3) is 6.23. The van der Waals surface area contributed by atoms with Crippen LogP contribution in [0.25, 0.3) is 0 Å². The number of anilines is 2. The van der Waals surface area contributed by atoms with E-state index >= 15 is 0 Å². The Bertz CT molecular complexity index is 1080. The Morgan fingerprint density at radius 2 is 1.68 bits per heavy atom. The van der Waals surface area contributed by atoms with Crippen molar-refractivity contribution in [1.82, 2.24) is 14.8 Å². The monoisotopic (exact) mass is 466 g/mol. The molecule has 3 rings (SSSR count). The number of rotatable bonds is 5. The van der Waals surface area contributed by atoms with Gasteiger partial charge in [-0.15, -0.1) is 11.3 Å². The number of carbonyl (C=O) groups excluding carboxylic acids is 3. The van der Waals surface area contributed by atoms with E-state index in [1.165, 1.54) is 42.5 Å². The molecule has 31 heavy (non-hydrogen) atoms. The molecule has 1 aromatic carbocycles. The summed E-state index contributed by atoms with van der Waals surface area (Å²) >= 11 is 1.21. The third-order valence-electron chi connectivity index (χ3n) is 4.59. The molecule has 0 saturated carbocycles. The number of benzene rings is 1. The van der Waals surface area contributed by atoms with Crippen LogP contribution in [0.5, 0.6) is 0 Å². The molecule has 0 unspecified atom stereocenters. The topological polar surface area (TPSA) is 155 Å². The normalized spacial score (nSPS) is 14.3. The van der Waals surface area contributed by atoms with Crippen molar-refractivity contribution in [1.29, 1.82) is 0 Å². The van der Waals surface area contributed by atoms with E-state index in [4.69, 9.17) is 5.14 Å². The van der Waals surface area contributed by atoms with Crippen molar-refractivity contribution in [3.8, 4) is 0 Å². The Labute approximate surface area is 183 Å². The molecular weight excluding hydrogens is 444 g/mol. The fraction of sp³-hybridized carbons (Fsp3) is 0.333. The molecule has 166 valence electrons. The molecule has 0 spiro atoms. The first kappa shape index (κ1) is 22.7. The Hall–Kier alpha value is -3.03. The van der Waals surface area contributed by atoms with Gasteiger partial charge in [0.15, 0.2) is 5.13 Å². The predicted molar refractivity (Wildman–Crippen MR) is 115 cm³/mol. The fourth-order valence-corrected chi connectivity index (χ4v) is 4.15. The summed E-state index contributed by atoms with van der Waals surface area (Å²) in [4.78, 5) is 43.4. The lowest BCUT2D eigenvalue weighted by molar-refractivity contribution is -0.130. The average molecular weight is 467 g/mol. The molecule has 2 heterocycles. The number of sulfonamides is 1.